The second kappa shape index (κ2) is 6.54. The Balaban J connectivity index is 2.76. The van der Waals surface area contributed by atoms with Crippen LogP contribution in [0.5, 0.6) is 0 Å². The zero-order valence-corrected chi connectivity index (χ0v) is 16.1. The molecule has 118 valence electrons. The van der Waals surface area contributed by atoms with E-state index in [0.717, 1.165) is 11.1 Å². The van der Waals surface area contributed by atoms with Crippen LogP contribution in [0.4, 0.5) is 0 Å². The van der Waals surface area contributed by atoms with Crippen LogP contribution in [0.1, 0.15) is 11.1 Å². The van der Waals surface area contributed by atoms with Gasteiger partial charge in [-0.3, -0.25) is 0 Å². The van der Waals surface area contributed by atoms with Crippen molar-refractivity contribution in [2.24, 2.45) is 0 Å². The van der Waals surface area contributed by atoms with Gasteiger partial charge in [-0.15, -0.1) is 0 Å². The fourth-order valence-electron chi connectivity index (χ4n) is 2.47. The molecule has 0 saturated carbocycles. The number of hydrogen-bond donors (Lipinski definition) is 0. The van der Waals surface area contributed by atoms with E-state index in [1.165, 1.54) is 0 Å². The minimum Gasteiger partial charge on any atom is -0.400 e. The molecule has 0 heterocycles. The largest absolute Gasteiger partial charge is 0.400 e. The van der Waals surface area contributed by atoms with Crippen molar-refractivity contribution in [1.82, 2.24) is 0 Å². The minimum atomic E-state index is -2.02. The molecule has 22 heavy (non-hydrogen) atoms. The second-order valence-electron chi connectivity index (χ2n) is 6.13. The van der Waals surface area contributed by atoms with E-state index in [1.807, 2.05) is 60.7 Å². The van der Waals surface area contributed by atoms with Crippen LogP contribution < -0.4 is 0 Å². The smallest absolute Gasteiger partial charge is 0.226 e. The molecule has 0 N–H and O–H groups in total. The quantitative estimate of drug-likeness (QED) is 0.461. The third kappa shape index (κ3) is 3.69. The van der Waals surface area contributed by atoms with Gasteiger partial charge in [0.15, 0.2) is 13.9 Å². The van der Waals surface area contributed by atoms with Crippen LogP contribution in [0.25, 0.3) is 0 Å². The molecule has 0 radical (unpaired) electrons. The van der Waals surface area contributed by atoms with Gasteiger partial charge in [-0.1, -0.05) is 95.5 Å². The SMILES string of the molecule is C[Si](C)(C)OC(c1ccccc1)(c1ccccc1)C(Cl)(Cl)Cl. The van der Waals surface area contributed by atoms with E-state index >= 15 is 0 Å². The molecule has 0 fully saturated rings. The highest BCUT2D eigenvalue weighted by Gasteiger charge is 2.54. The molecule has 2 aromatic carbocycles. The average molecular weight is 374 g/mol. The Bertz CT molecular complexity index is 564. The number of alkyl halides is 3. The molecule has 0 spiro atoms. The van der Waals surface area contributed by atoms with Crippen molar-refractivity contribution in [1.29, 1.82) is 0 Å². The molecule has 0 atom stereocenters. The molecule has 1 nitrogen and oxygen atoms in total. The Morgan fingerprint density at radius 3 is 1.36 bits per heavy atom. The molecule has 5 heteroatoms. The molecule has 2 aromatic rings. The van der Waals surface area contributed by atoms with Crippen molar-refractivity contribution in [2.75, 3.05) is 0 Å². The van der Waals surface area contributed by atoms with Gasteiger partial charge in [-0.2, -0.15) is 0 Å². The summed E-state index contributed by atoms with van der Waals surface area (Å²) in [7, 11) is -2.02. The fraction of sp³-hybridized carbons (Fsp3) is 0.294. The van der Waals surface area contributed by atoms with E-state index in [4.69, 9.17) is 39.2 Å². The van der Waals surface area contributed by atoms with E-state index < -0.39 is 17.7 Å². The van der Waals surface area contributed by atoms with Crippen LogP contribution in [0.2, 0.25) is 19.6 Å². The van der Waals surface area contributed by atoms with Crippen LogP contribution in [-0.2, 0) is 10.0 Å². The van der Waals surface area contributed by atoms with E-state index in [9.17, 15) is 0 Å². The Morgan fingerprint density at radius 2 is 1.09 bits per heavy atom. The minimum absolute atomic E-state index is 0.837. The molecule has 0 bridgehead atoms. The van der Waals surface area contributed by atoms with Crippen LogP contribution in [-0.4, -0.2) is 12.1 Å². The predicted octanol–water partition coefficient (Wildman–Crippen LogP) is 6.15. The van der Waals surface area contributed by atoms with Gasteiger partial charge in [0.1, 0.15) is 0 Å². The summed E-state index contributed by atoms with van der Waals surface area (Å²) in [5, 5.41) is 0. The van der Waals surface area contributed by atoms with Crippen molar-refractivity contribution >= 4 is 43.1 Å². The summed E-state index contributed by atoms with van der Waals surface area (Å²) in [5.41, 5.74) is 0.539. The number of rotatable bonds is 4. The molecule has 2 rings (SSSR count). The Kier molecular flexibility index (Phi) is 5.30. The normalized spacial score (nSPS) is 13.2. The third-order valence-electron chi connectivity index (χ3n) is 3.22. The van der Waals surface area contributed by atoms with Gasteiger partial charge in [-0.25, -0.2) is 0 Å². The first-order chi connectivity index (χ1) is 10.2. The van der Waals surface area contributed by atoms with Gasteiger partial charge in [0.2, 0.25) is 3.79 Å². The first-order valence-electron chi connectivity index (χ1n) is 7.05. The standard InChI is InChI=1S/C17H19Cl3OSi/c1-22(2,3)21-16(17(18,19)20,14-10-6-4-7-11-14)15-12-8-5-9-13-15/h4-13H,1-3H3. The van der Waals surface area contributed by atoms with Crippen molar-refractivity contribution in [2.45, 2.75) is 29.0 Å². The first kappa shape index (κ1) is 17.8. The van der Waals surface area contributed by atoms with Crippen molar-refractivity contribution in [3.05, 3.63) is 71.8 Å². The predicted molar refractivity (Wildman–Crippen MR) is 98.4 cm³/mol. The van der Waals surface area contributed by atoms with Gasteiger partial charge in [0.05, 0.1) is 0 Å². The molecular weight excluding hydrogens is 355 g/mol. The maximum absolute atomic E-state index is 6.51. The van der Waals surface area contributed by atoms with E-state index in [0.29, 0.717) is 0 Å². The lowest BCUT2D eigenvalue weighted by Crippen LogP contribution is -2.50. The average Bonchev–Trinajstić information content (AvgIpc) is 2.44. The zero-order chi connectivity index (χ0) is 16.4. The van der Waals surface area contributed by atoms with E-state index in [-0.39, 0.29) is 0 Å². The van der Waals surface area contributed by atoms with E-state index in [1.54, 1.807) is 0 Å². The lowest BCUT2D eigenvalue weighted by atomic mass is 9.87. The lowest BCUT2D eigenvalue weighted by molar-refractivity contribution is 0.106. The van der Waals surface area contributed by atoms with Crippen LogP contribution >= 0.6 is 34.8 Å². The summed E-state index contributed by atoms with van der Waals surface area (Å²) in [6.07, 6.45) is 0. The summed E-state index contributed by atoms with van der Waals surface area (Å²) in [5.74, 6) is 0. The molecule has 0 aliphatic carbocycles. The molecule has 0 aromatic heterocycles. The molecule has 0 aliphatic heterocycles. The topological polar surface area (TPSA) is 9.23 Å². The summed E-state index contributed by atoms with van der Waals surface area (Å²) in [6, 6.07) is 19.3. The number of benzene rings is 2. The van der Waals surface area contributed by atoms with E-state index in [2.05, 4.69) is 19.6 Å². The van der Waals surface area contributed by atoms with Gasteiger partial charge in [0, 0.05) is 0 Å². The lowest BCUT2D eigenvalue weighted by Gasteiger charge is -2.44. The van der Waals surface area contributed by atoms with Crippen LogP contribution in [0.3, 0.4) is 0 Å². The highest BCUT2D eigenvalue weighted by atomic mass is 35.6. The van der Waals surface area contributed by atoms with Crippen molar-refractivity contribution < 1.29 is 4.43 Å². The highest BCUT2D eigenvalue weighted by molar-refractivity contribution is 6.71. The van der Waals surface area contributed by atoms with Crippen molar-refractivity contribution in [3.63, 3.8) is 0 Å². The summed E-state index contributed by atoms with van der Waals surface area (Å²) in [4.78, 5) is 0. The van der Waals surface area contributed by atoms with Gasteiger partial charge in [-0.05, 0) is 30.8 Å². The molecule has 0 saturated heterocycles. The summed E-state index contributed by atoms with van der Waals surface area (Å²) < 4.78 is 4.86. The second-order valence-corrected chi connectivity index (χ2v) is 12.8. The molecular formula is C17H19Cl3OSi. The van der Waals surface area contributed by atoms with Gasteiger partial charge in [0.25, 0.3) is 0 Å². The third-order valence-corrected chi connectivity index (χ3v) is 4.94. The zero-order valence-electron chi connectivity index (χ0n) is 12.8. The Morgan fingerprint density at radius 1 is 0.727 bits per heavy atom. The van der Waals surface area contributed by atoms with Crippen molar-refractivity contribution in [3.8, 4) is 0 Å². The van der Waals surface area contributed by atoms with Gasteiger partial charge < -0.3 is 4.43 Å². The molecule has 0 aliphatic rings. The maximum atomic E-state index is 6.51. The monoisotopic (exact) mass is 372 g/mol. The number of hydrogen-bond acceptors (Lipinski definition) is 1. The fourth-order valence-corrected chi connectivity index (χ4v) is 4.75. The Labute approximate surface area is 148 Å². The van der Waals surface area contributed by atoms with Crippen LogP contribution in [0, 0.1) is 0 Å². The van der Waals surface area contributed by atoms with Gasteiger partial charge >= 0.3 is 0 Å². The Hall–Kier alpha value is -0.513. The summed E-state index contributed by atoms with van der Waals surface area (Å²) in [6.45, 7) is 6.26. The maximum Gasteiger partial charge on any atom is 0.226 e. The first-order valence-corrected chi connectivity index (χ1v) is 11.6. The molecule has 0 amide bonds. The summed E-state index contributed by atoms with van der Waals surface area (Å²) >= 11 is 19.4. The van der Waals surface area contributed by atoms with Crippen LogP contribution in [0.15, 0.2) is 60.7 Å². The highest BCUT2D eigenvalue weighted by Crippen LogP contribution is 2.53. The number of halogens is 3. The molecule has 0 unspecified atom stereocenters.